The number of carbonyl (C=O) groups is 1. The van der Waals surface area contributed by atoms with Gasteiger partial charge in [0.15, 0.2) is 0 Å². The van der Waals surface area contributed by atoms with Crippen LogP contribution in [0.3, 0.4) is 0 Å². The third-order valence-electron chi connectivity index (χ3n) is 5.67. The number of rotatable bonds is 6. The summed E-state index contributed by atoms with van der Waals surface area (Å²) in [4.78, 5) is 19.1. The number of nitrogens with one attached hydrogen (secondary N) is 1. The fraction of sp³-hybridized carbons (Fsp3) is 0.364. The van der Waals surface area contributed by atoms with Gasteiger partial charge in [-0.05, 0) is 42.0 Å². The first-order chi connectivity index (χ1) is 13.6. The van der Waals surface area contributed by atoms with Gasteiger partial charge in [-0.3, -0.25) is 4.79 Å². The quantitative estimate of drug-likeness (QED) is 0.619. The first-order valence-electron chi connectivity index (χ1n) is 9.69. The molecule has 0 radical (unpaired) electrons. The minimum atomic E-state index is -0.422. The molecule has 1 fully saturated rings. The predicted octanol–water partition coefficient (Wildman–Crippen LogP) is 4.97. The van der Waals surface area contributed by atoms with E-state index < -0.39 is 5.41 Å². The summed E-state index contributed by atoms with van der Waals surface area (Å²) in [5.41, 5.74) is 1.64. The van der Waals surface area contributed by atoms with Crippen molar-refractivity contribution >= 4 is 28.8 Å². The van der Waals surface area contributed by atoms with Gasteiger partial charge in [-0.15, -0.1) is 11.3 Å². The first-order valence-corrected chi connectivity index (χ1v) is 10.9. The Balaban J connectivity index is 1.43. The molecule has 0 saturated heterocycles. The van der Waals surface area contributed by atoms with Crippen LogP contribution in [0.2, 0.25) is 5.02 Å². The second-order valence-corrected chi connectivity index (χ2v) is 8.82. The van der Waals surface area contributed by atoms with E-state index in [4.69, 9.17) is 16.6 Å². The van der Waals surface area contributed by atoms with E-state index in [0.29, 0.717) is 18.0 Å². The minimum absolute atomic E-state index is 0.125. The number of hydrogen-bond donors (Lipinski definition) is 1. The maximum Gasteiger partial charge on any atom is 0.230 e. The third-order valence-corrected chi connectivity index (χ3v) is 6.81. The van der Waals surface area contributed by atoms with Crippen LogP contribution < -0.4 is 5.32 Å². The zero-order valence-electron chi connectivity index (χ0n) is 16.0. The van der Waals surface area contributed by atoms with Crippen molar-refractivity contribution in [3.05, 3.63) is 64.4 Å². The smallest absolute Gasteiger partial charge is 0.230 e. The van der Waals surface area contributed by atoms with Crippen LogP contribution in [0.15, 0.2) is 48.0 Å². The molecule has 4 nitrogen and oxygen atoms in total. The number of nitrogens with zero attached hydrogens (tertiary/aromatic N) is 2. The molecule has 1 aliphatic rings. The molecule has 1 saturated carbocycles. The molecule has 2 heterocycles. The largest absolute Gasteiger partial charge is 0.355 e. The van der Waals surface area contributed by atoms with E-state index >= 15 is 0 Å². The molecule has 1 N–H and O–H groups in total. The highest BCUT2D eigenvalue weighted by Gasteiger charge is 2.42. The van der Waals surface area contributed by atoms with Gasteiger partial charge < -0.3 is 9.88 Å². The van der Waals surface area contributed by atoms with E-state index in [-0.39, 0.29) is 5.91 Å². The van der Waals surface area contributed by atoms with Gasteiger partial charge in [0.25, 0.3) is 0 Å². The van der Waals surface area contributed by atoms with Crippen LogP contribution in [0.5, 0.6) is 0 Å². The molecule has 3 aromatic rings. The van der Waals surface area contributed by atoms with Gasteiger partial charge in [0.1, 0.15) is 5.82 Å². The number of benzene rings is 1. The SMILES string of the molecule is Cn1cc(-c2cccs2)nc1CCNC(=O)C1(c2ccc(Cl)cc2)CCCC1. The van der Waals surface area contributed by atoms with Gasteiger partial charge in [-0.1, -0.05) is 42.6 Å². The van der Waals surface area contributed by atoms with Crippen LogP contribution in [0.25, 0.3) is 10.6 Å². The van der Waals surface area contributed by atoms with Crippen molar-refractivity contribution in [2.45, 2.75) is 37.5 Å². The summed E-state index contributed by atoms with van der Waals surface area (Å²) >= 11 is 7.73. The lowest BCUT2D eigenvalue weighted by Crippen LogP contribution is -2.43. The molecular formula is C22H24ClN3OS. The molecule has 0 bridgehead atoms. The molecule has 1 aliphatic carbocycles. The van der Waals surface area contributed by atoms with Gasteiger partial charge in [0, 0.05) is 31.2 Å². The fourth-order valence-electron chi connectivity index (χ4n) is 4.13. The second-order valence-electron chi connectivity index (χ2n) is 7.43. The summed E-state index contributed by atoms with van der Waals surface area (Å²) < 4.78 is 2.05. The number of thiophene rings is 1. The van der Waals surface area contributed by atoms with Gasteiger partial charge in [0.05, 0.1) is 16.0 Å². The Morgan fingerprint density at radius 3 is 2.68 bits per heavy atom. The van der Waals surface area contributed by atoms with E-state index in [1.54, 1.807) is 11.3 Å². The van der Waals surface area contributed by atoms with E-state index in [1.165, 1.54) is 4.88 Å². The van der Waals surface area contributed by atoms with E-state index in [2.05, 4.69) is 23.0 Å². The topological polar surface area (TPSA) is 46.9 Å². The van der Waals surface area contributed by atoms with Gasteiger partial charge in [-0.2, -0.15) is 0 Å². The van der Waals surface area contributed by atoms with Crippen molar-refractivity contribution in [3.63, 3.8) is 0 Å². The number of imidazole rings is 1. The summed E-state index contributed by atoms with van der Waals surface area (Å²) in [6.45, 7) is 0.586. The lowest BCUT2D eigenvalue weighted by Gasteiger charge is -2.28. The Hall–Kier alpha value is -2.11. The van der Waals surface area contributed by atoms with Crippen molar-refractivity contribution in [1.29, 1.82) is 0 Å². The lowest BCUT2D eigenvalue weighted by atomic mass is 9.78. The zero-order chi connectivity index (χ0) is 19.6. The molecule has 2 aromatic heterocycles. The Kier molecular flexibility index (Phi) is 5.56. The molecule has 0 aliphatic heterocycles. The maximum absolute atomic E-state index is 13.2. The van der Waals surface area contributed by atoms with Crippen LogP contribution in [-0.2, 0) is 23.7 Å². The number of hydrogen-bond acceptors (Lipinski definition) is 3. The summed E-state index contributed by atoms with van der Waals surface area (Å²) in [6, 6.07) is 11.9. The Labute approximate surface area is 174 Å². The molecule has 1 aromatic carbocycles. The van der Waals surface area contributed by atoms with Crippen molar-refractivity contribution in [2.75, 3.05) is 6.54 Å². The minimum Gasteiger partial charge on any atom is -0.355 e. The fourth-order valence-corrected chi connectivity index (χ4v) is 4.94. The Morgan fingerprint density at radius 1 is 1.25 bits per heavy atom. The van der Waals surface area contributed by atoms with E-state index in [9.17, 15) is 4.79 Å². The lowest BCUT2D eigenvalue weighted by molar-refractivity contribution is -0.126. The summed E-state index contributed by atoms with van der Waals surface area (Å²) in [7, 11) is 2.01. The zero-order valence-corrected chi connectivity index (χ0v) is 17.5. The van der Waals surface area contributed by atoms with E-state index in [0.717, 1.165) is 42.8 Å². The van der Waals surface area contributed by atoms with Crippen LogP contribution >= 0.6 is 22.9 Å². The first kappa shape index (κ1) is 19.2. The van der Waals surface area contributed by atoms with Crippen molar-refractivity contribution in [3.8, 4) is 10.6 Å². The molecule has 28 heavy (non-hydrogen) atoms. The monoisotopic (exact) mass is 413 g/mol. The maximum atomic E-state index is 13.2. The molecule has 0 spiro atoms. The van der Waals surface area contributed by atoms with Crippen molar-refractivity contribution < 1.29 is 4.79 Å². The number of amides is 1. The van der Waals surface area contributed by atoms with Crippen LogP contribution in [-0.4, -0.2) is 22.0 Å². The van der Waals surface area contributed by atoms with Crippen molar-refractivity contribution in [2.24, 2.45) is 7.05 Å². The Morgan fingerprint density at radius 2 is 2.00 bits per heavy atom. The molecular weight excluding hydrogens is 390 g/mol. The van der Waals surface area contributed by atoms with Crippen LogP contribution in [0.1, 0.15) is 37.1 Å². The molecule has 6 heteroatoms. The average molecular weight is 414 g/mol. The van der Waals surface area contributed by atoms with E-state index in [1.807, 2.05) is 41.9 Å². The third kappa shape index (κ3) is 3.74. The van der Waals surface area contributed by atoms with Gasteiger partial charge in [0.2, 0.25) is 5.91 Å². The normalized spacial score (nSPS) is 15.6. The molecule has 0 atom stereocenters. The highest BCUT2D eigenvalue weighted by molar-refractivity contribution is 7.13. The van der Waals surface area contributed by atoms with Crippen LogP contribution in [0.4, 0.5) is 0 Å². The Bertz CT molecular complexity index is 941. The van der Waals surface area contributed by atoms with Crippen LogP contribution in [0, 0.1) is 0 Å². The number of halogens is 1. The summed E-state index contributed by atoms with van der Waals surface area (Å²) in [5, 5.41) is 5.94. The molecule has 146 valence electrons. The number of carbonyl (C=O) groups excluding carboxylic acids is 1. The highest BCUT2D eigenvalue weighted by atomic mass is 35.5. The molecule has 1 amide bonds. The molecule has 0 unspecified atom stereocenters. The number of aryl methyl sites for hydroxylation is 1. The highest BCUT2D eigenvalue weighted by Crippen LogP contribution is 2.41. The average Bonchev–Trinajstić information content (AvgIpc) is 3.44. The summed E-state index contributed by atoms with van der Waals surface area (Å²) in [6.07, 6.45) is 6.72. The van der Waals surface area contributed by atoms with Gasteiger partial charge >= 0.3 is 0 Å². The molecule has 4 rings (SSSR count). The standard InChI is InChI=1S/C22H24ClN3OS/c1-26-15-18(19-5-4-14-28-19)25-20(26)10-13-24-21(27)22(11-2-3-12-22)16-6-8-17(23)9-7-16/h4-9,14-15H,2-3,10-13H2,1H3,(H,24,27). The van der Waals surface area contributed by atoms with Gasteiger partial charge in [-0.25, -0.2) is 4.98 Å². The van der Waals surface area contributed by atoms with Crippen molar-refractivity contribution in [1.82, 2.24) is 14.9 Å². The second kappa shape index (κ2) is 8.10. The number of aromatic nitrogens is 2. The predicted molar refractivity (Wildman–Crippen MR) is 115 cm³/mol. The summed E-state index contributed by atoms with van der Waals surface area (Å²) in [5.74, 6) is 1.11.